The highest BCUT2D eigenvalue weighted by molar-refractivity contribution is 5.80. The molecule has 122 valence electrons. The zero-order valence-corrected chi connectivity index (χ0v) is 13.6. The number of hydrogen-bond donors (Lipinski definition) is 2. The summed E-state index contributed by atoms with van der Waals surface area (Å²) in [4.78, 5) is 7.21. The molecule has 0 spiro atoms. The van der Waals surface area contributed by atoms with Gasteiger partial charge in [-0.25, -0.2) is 0 Å². The van der Waals surface area contributed by atoms with E-state index < -0.39 is 0 Å². The Morgan fingerprint density at radius 3 is 2.67 bits per heavy atom. The number of aliphatic imine (C=N–C) groups is 1. The van der Waals surface area contributed by atoms with Crippen molar-refractivity contribution in [3.8, 4) is 0 Å². The molecule has 0 aromatic heterocycles. The molecule has 0 unspecified atom stereocenters. The van der Waals surface area contributed by atoms with E-state index in [1.165, 1.54) is 45.1 Å². The lowest BCUT2D eigenvalue weighted by Gasteiger charge is -2.26. The highest BCUT2D eigenvalue weighted by atomic mass is 16.5. The maximum Gasteiger partial charge on any atom is 0.191 e. The van der Waals surface area contributed by atoms with Crippen LogP contribution in [0.5, 0.6) is 0 Å². The van der Waals surface area contributed by atoms with Crippen molar-refractivity contribution in [2.24, 2.45) is 4.99 Å². The molecule has 2 N–H and O–H groups in total. The number of guanidine groups is 1. The van der Waals surface area contributed by atoms with Gasteiger partial charge in [-0.15, -0.1) is 0 Å². The Balaban J connectivity index is 1.59. The fourth-order valence-corrected chi connectivity index (χ4v) is 3.05. The van der Waals surface area contributed by atoms with Gasteiger partial charge in [0.15, 0.2) is 5.96 Å². The average molecular weight is 296 g/mol. The van der Waals surface area contributed by atoms with E-state index in [1.807, 2.05) is 0 Å². The number of morpholine rings is 1. The predicted octanol–water partition coefficient (Wildman–Crippen LogP) is 1.60. The molecule has 21 heavy (non-hydrogen) atoms. The summed E-state index contributed by atoms with van der Waals surface area (Å²) in [6.07, 6.45) is 7.70. The minimum Gasteiger partial charge on any atom is -0.379 e. The molecule has 2 fully saturated rings. The summed E-state index contributed by atoms with van der Waals surface area (Å²) < 4.78 is 5.37. The van der Waals surface area contributed by atoms with Gasteiger partial charge in [-0.2, -0.15) is 0 Å². The van der Waals surface area contributed by atoms with Crippen molar-refractivity contribution in [3.05, 3.63) is 0 Å². The smallest absolute Gasteiger partial charge is 0.191 e. The summed E-state index contributed by atoms with van der Waals surface area (Å²) in [7, 11) is 0. The van der Waals surface area contributed by atoms with Gasteiger partial charge in [-0.3, -0.25) is 9.89 Å². The van der Waals surface area contributed by atoms with Crippen molar-refractivity contribution < 1.29 is 4.74 Å². The summed E-state index contributed by atoms with van der Waals surface area (Å²) >= 11 is 0. The van der Waals surface area contributed by atoms with Crippen LogP contribution in [0, 0.1) is 0 Å². The van der Waals surface area contributed by atoms with Crippen molar-refractivity contribution in [1.29, 1.82) is 0 Å². The van der Waals surface area contributed by atoms with E-state index in [-0.39, 0.29) is 0 Å². The number of rotatable bonds is 7. The van der Waals surface area contributed by atoms with Gasteiger partial charge in [0.2, 0.25) is 0 Å². The summed E-state index contributed by atoms with van der Waals surface area (Å²) in [6, 6.07) is 0.635. The van der Waals surface area contributed by atoms with Gasteiger partial charge in [-0.05, 0) is 39.2 Å². The summed E-state index contributed by atoms with van der Waals surface area (Å²) in [5, 5.41) is 6.93. The second kappa shape index (κ2) is 10.0. The standard InChI is InChI=1S/C16H32N4O/c1-2-17-16(19-15-7-3-4-8-15)18-9-5-6-10-20-11-13-21-14-12-20/h15H,2-14H2,1H3,(H2,17,18,19). The first-order chi connectivity index (χ1) is 10.4. The topological polar surface area (TPSA) is 48.9 Å². The van der Waals surface area contributed by atoms with E-state index in [1.54, 1.807) is 0 Å². The maximum absolute atomic E-state index is 5.37. The monoisotopic (exact) mass is 296 g/mol. The Hall–Kier alpha value is -0.810. The van der Waals surface area contributed by atoms with Gasteiger partial charge in [0.25, 0.3) is 0 Å². The van der Waals surface area contributed by atoms with E-state index in [0.717, 1.165) is 45.4 Å². The molecule has 0 amide bonds. The van der Waals surface area contributed by atoms with Crippen LogP contribution in [0.3, 0.4) is 0 Å². The fourth-order valence-electron chi connectivity index (χ4n) is 3.05. The van der Waals surface area contributed by atoms with Gasteiger partial charge in [-0.1, -0.05) is 12.8 Å². The maximum atomic E-state index is 5.37. The number of nitrogens with zero attached hydrogens (tertiary/aromatic N) is 2. The normalized spacial score (nSPS) is 21.7. The van der Waals surface area contributed by atoms with Crippen LogP contribution >= 0.6 is 0 Å². The Labute approximate surface area is 129 Å². The summed E-state index contributed by atoms with van der Waals surface area (Å²) in [5.74, 6) is 1.01. The number of unbranched alkanes of at least 4 members (excludes halogenated alkanes) is 1. The summed E-state index contributed by atoms with van der Waals surface area (Å²) in [6.45, 7) is 9.15. The van der Waals surface area contributed by atoms with Crippen molar-refractivity contribution in [2.45, 2.75) is 51.5 Å². The Morgan fingerprint density at radius 1 is 1.19 bits per heavy atom. The minimum absolute atomic E-state index is 0.635. The van der Waals surface area contributed by atoms with Crippen molar-refractivity contribution in [3.63, 3.8) is 0 Å². The zero-order valence-electron chi connectivity index (χ0n) is 13.6. The molecule has 1 saturated carbocycles. The second-order valence-electron chi connectivity index (χ2n) is 6.05. The largest absolute Gasteiger partial charge is 0.379 e. The van der Waals surface area contributed by atoms with Crippen LogP contribution in [0.1, 0.15) is 45.4 Å². The molecule has 0 aromatic rings. The van der Waals surface area contributed by atoms with Crippen LogP contribution in [0.15, 0.2) is 4.99 Å². The minimum atomic E-state index is 0.635. The number of ether oxygens (including phenoxy) is 1. The Kier molecular flexibility index (Phi) is 7.89. The lowest BCUT2D eigenvalue weighted by molar-refractivity contribution is 0.0373. The molecule has 1 heterocycles. The van der Waals surface area contributed by atoms with E-state index in [9.17, 15) is 0 Å². The molecule has 0 bridgehead atoms. The first-order valence-corrected chi connectivity index (χ1v) is 8.73. The first-order valence-electron chi connectivity index (χ1n) is 8.73. The van der Waals surface area contributed by atoms with Crippen molar-refractivity contribution in [1.82, 2.24) is 15.5 Å². The quantitative estimate of drug-likeness (QED) is 0.426. The van der Waals surface area contributed by atoms with Gasteiger partial charge in [0, 0.05) is 32.2 Å². The molecule has 0 aromatic carbocycles. The van der Waals surface area contributed by atoms with E-state index in [4.69, 9.17) is 9.73 Å². The highest BCUT2D eigenvalue weighted by Crippen LogP contribution is 2.17. The van der Waals surface area contributed by atoms with Crippen LogP contribution in [0.2, 0.25) is 0 Å². The highest BCUT2D eigenvalue weighted by Gasteiger charge is 2.15. The van der Waals surface area contributed by atoms with Gasteiger partial charge >= 0.3 is 0 Å². The van der Waals surface area contributed by atoms with E-state index in [0.29, 0.717) is 6.04 Å². The van der Waals surface area contributed by atoms with Crippen LogP contribution in [0.4, 0.5) is 0 Å². The van der Waals surface area contributed by atoms with Crippen LogP contribution in [-0.2, 0) is 4.74 Å². The molecule has 0 radical (unpaired) electrons. The molecule has 2 rings (SSSR count). The number of nitrogens with one attached hydrogen (secondary N) is 2. The zero-order chi connectivity index (χ0) is 14.8. The predicted molar refractivity (Wildman–Crippen MR) is 87.9 cm³/mol. The number of hydrogen-bond acceptors (Lipinski definition) is 3. The molecule has 2 aliphatic rings. The van der Waals surface area contributed by atoms with E-state index in [2.05, 4.69) is 22.5 Å². The third-order valence-corrected chi connectivity index (χ3v) is 4.30. The average Bonchev–Trinajstić information content (AvgIpc) is 3.01. The molecular formula is C16H32N4O. The molecule has 5 nitrogen and oxygen atoms in total. The third-order valence-electron chi connectivity index (χ3n) is 4.30. The Bertz CT molecular complexity index is 297. The first kappa shape index (κ1) is 16.6. The molecule has 5 heteroatoms. The Morgan fingerprint density at radius 2 is 1.95 bits per heavy atom. The van der Waals surface area contributed by atoms with Crippen molar-refractivity contribution >= 4 is 5.96 Å². The summed E-state index contributed by atoms with van der Waals surface area (Å²) in [5.41, 5.74) is 0. The fraction of sp³-hybridized carbons (Fsp3) is 0.938. The van der Waals surface area contributed by atoms with E-state index >= 15 is 0 Å². The van der Waals surface area contributed by atoms with Crippen LogP contribution in [0.25, 0.3) is 0 Å². The molecule has 1 aliphatic heterocycles. The van der Waals surface area contributed by atoms with Gasteiger partial charge < -0.3 is 15.4 Å². The molecule has 1 aliphatic carbocycles. The molecular weight excluding hydrogens is 264 g/mol. The van der Waals surface area contributed by atoms with Crippen LogP contribution in [-0.4, -0.2) is 62.8 Å². The lowest BCUT2D eigenvalue weighted by atomic mass is 10.2. The van der Waals surface area contributed by atoms with Gasteiger partial charge in [0.1, 0.15) is 0 Å². The second-order valence-corrected chi connectivity index (χ2v) is 6.05. The molecule has 1 saturated heterocycles. The third kappa shape index (κ3) is 6.66. The SMILES string of the molecule is CCNC(=NCCCCN1CCOCC1)NC1CCCC1. The van der Waals surface area contributed by atoms with Crippen molar-refractivity contribution in [2.75, 3.05) is 45.9 Å². The lowest BCUT2D eigenvalue weighted by Crippen LogP contribution is -2.42. The van der Waals surface area contributed by atoms with Gasteiger partial charge in [0.05, 0.1) is 13.2 Å². The van der Waals surface area contributed by atoms with Crippen LogP contribution < -0.4 is 10.6 Å². The molecule has 0 atom stereocenters.